The molecule has 2 saturated heterocycles. The fourth-order valence-corrected chi connectivity index (χ4v) is 5.44. The van der Waals surface area contributed by atoms with E-state index in [0.29, 0.717) is 29.2 Å². The van der Waals surface area contributed by atoms with Crippen molar-refractivity contribution in [3.05, 3.63) is 28.3 Å². The summed E-state index contributed by atoms with van der Waals surface area (Å²) in [4.78, 5) is 36.0. The van der Waals surface area contributed by atoms with E-state index in [1.54, 1.807) is 6.20 Å². The van der Waals surface area contributed by atoms with Crippen LogP contribution in [0.5, 0.6) is 0 Å². The molecule has 0 aliphatic carbocycles. The van der Waals surface area contributed by atoms with Gasteiger partial charge in [-0.25, -0.2) is 4.98 Å². The second-order valence-corrected chi connectivity index (χ2v) is 9.96. The number of aromatic nitrogens is 1. The summed E-state index contributed by atoms with van der Waals surface area (Å²) in [5, 5.41) is 0.930. The molecule has 4 atom stereocenters. The number of hydrogen-bond acceptors (Lipinski definition) is 4. The third-order valence-corrected chi connectivity index (χ3v) is 7.99. The van der Waals surface area contributed by atoms with E-state index in [-0.39, 0.29) is 11.8 Å². The van der Waals surface area contributed by atoms with Gasteiger partial charge in [-0.2, -0.15) is 0 Å². The van der Waals surface area contributed by atoms with Gasteiger partial charge in [-0.05, 0) is 42.2 Å². The fraction of sp³-hybridized carbons (Fsp3) is 0.591. The minimum absolute atomic E-state index is 0.0475. The Morgan fingerprint density at radius 1 is 0.929 bits per heavy atom. The first-order valence-corrected chi connectivity index (χ1v) is 11.1. The van der Waals surface area contributed by atoms with Crippen LogP contribution < -0.4 is 0 Å². The first-order valence-electron chi connectivity index (χ1n) is 10.2. The second-order valence-electron chi connectivity index (χ2n) is 8.96. The number of carbonyl (C=O) groups excluding carboxylic acids is 2. The highest BCUT2D eigenvalue weighted by Crippen LogP contribution is 2.33. The predicted octanol–water partition coefficient (Wildman–Crippen LogP) is 4.06. The van der Waals surface area contributed by atoms with Crippen molar-refractivity contribution in [2.45, 2.75) is 34.6 Å². The number of nitrogens with zero attached hydrogens (tertiary/aromatic N) is 3. The summed E-state index contributed by atoms with van der Waals surface area (Å²) in [6, 6.07) is 1.93. The van der Waals surface area contributed by atoms with Crippen molar-refractivity contribution in [3.8, 4) is 0 Å². The zero-order valence-corrected chi connectivity index (χ0v) is 18.2. The molecule has 2 aliphatic rings. The summed E-state index contributed by atoms with van der Waals surface area (Å²) in [6.45, 7) is 14.0. The van der Waals surface area contributed by atoms with Crippen molar-refractivity contribution in [2.24, 2.45) is 23.7 Å². The molecule has 0 radical (unpaired) electrons. The van der Waals surface area contributed by atoms with Crippen molar-refractivity contribution >= 4 is 33.4 Å². The van der Waals surface area contributed by atoms with E-state index in [2.05, 4.69) is 32.7 Å². The highest BCUT2D eigenvalue weighted by atomic mass is 32.1. The lowest BCUT2D eigenvalue weighted by molar-refractivity contribution is 0.0779. The summed E-state index contributed by atoms with van der Waals surface area (Å²) in [5.41, 5.74) is 1.57. The highest BCUT2D eigenvalue weighted by molar-refractivity contribution is 7.20. The molecule has 0 bridgehead atoms. The van der Waals surface area contributed by atoms with Gasteiger partial charge in [0.1, 0.15) is 4.83 Å². The number of hydrogen-bond donors (Lipinski definition) is 0. The van der Waals surface area contributed by atoms with Crippen LogP contribution in [0.25, 0.3) is 10.2 Å². The van der Waals surface area contributed by atoms with Crippen molar-refractivity contribution in [1.82, 2.24) is 14.8 Å². The molecule has 150 valence electrons. The van der Waals surface area contributed by atoms with E-state index < -0.39 is 0 Å². The Morgan fingerprint density at radius 3 is 1.96 bits per heavy atom. The van der Waals surface area contributed by atoms with Crippen LogP contribution in [0.15, 0.2) is 12.3 Å². The normalized spacial score (nSPS) is 27.8. The van der Waals surface area contributed by atoms with E-state index >= 15 is 0 Å². The zero-order valence-electron chi connectivity index (χ0n) is 17.4. The summed E-state index contributed by atoms with van der Waals surface area (Å²) in [5.74, 6) is 2.27. The van der Waals surface area contributed by atoms with Crippen LogP contribution in [0.4, 0.5) is 0 Å². The number of aryl methyl sites for hydroxylation is 1. The Kier molecular flexibility index (Phi) is 4.94. The number of likely N-dealkylation sites (tertiary alicyclic amines) is 2. The van der Waals surface area contributed by atoms with Crippen LogP contribution in [-0.2, 0) is 0 Å². The topological polar surface area (TPSA) is 53.5 Å². The van der Waals surface area contributed by atoms with Gasteiger partial charge < -0.3 is 9.80 Å². The van der Waals surface area contributed by atoms with Crippen molar-refractivity contribution in [2.75, 3.05) is 26.2 Å². The average molecular weight is 400 g/mol. The van der Waals surface area contributed by atoms with E-state index in [4.69, 9.17) is 0 Å². The molecule has 2 aromatic heterocycles. The number of amides is 2. The molecular weight excluding hydrogens is 370 g/mol. The standard InChI is InChI=1S/C22H29N3O2S/c1-12-8-24(9-13(12)2)21(26)17-6-18-16(5)19(28-20(18)23-7-17)22(27)25-10-14(3)15(4)11-25/h6-7,12-15H,8-11H2,1-5H3. The van der Waals surface area contributed by atoms with Gasteiger partial charge >= 0.3 is 0 Å². The predicted molar refractivity (Wildman–Crippen MR) is 113 cm³/mol. The van der Waals surface area contributed by atoms with E-state index in [0.717, 1.165) is 46.8 Å². The number of rotatable bonds is 2. The number of fused-ring (bicyclic) bond motifs is 1. The maximum absolute atomic E-state index is 13.1. The molecule has 2 amide bonds. The van der Waals surface area contributed by atoms with Crippen molar-refractivity contribution in [1.29, 1.82) is 0 Å². The van der Waals surface area contributed by atoms with Crippen LogP contribution >= 0.6 is 11.3 Å². The SMILES string of the molecule is Cc1c(C(=O)N2CC(C)C(C)C2)sc2ncc(C(=O)N3CC(C)C(C)C3)cc12. The molecule has 4 rings (SSSR count). The molecule has 2 fully saturated rings. The quantitative estimate of drug-likeness (QED) is 0.765. The lowest BCUT2D eigenvalue weighted by atomic mass is 10.0. The summed E-state index contributed by atoms with van der Waals surface area (Å²) < 4.78 is 0. The van der Waals surface area contributed by atoms with E-state index in [1.165, 1.54) is 11.3 Å². The van der Waals surface area contributed by atoms with Crippen molar-refractivity contribution < 1.29 is 9.59 Å². The van der Waals surface area contributed by atoms with E-state index in [9.17, 15) is 9.59 Å². The summed E-state index contributed by atoms with van der Waals surface area (Å²) >= 11 is 1.45. The smallest absolute Gasteiger partial charge is 0.264 e. The lowest BCUT2D eigenvalue weighted by Crippen LogP contribution is -2.29. The third-order valence-electron chi connectivity index (χ3n) is 6.79. The number of carbonyl (C=O) groups is 2. The van der Waals surface area contributed by atoms with Crippen molar-refractivity contribution in [3.63, 3.8) is 0 Å². The second kappa shape index (κ2) is 7.14. The van der Waals surface area contributed by atoms with Crippen LogP contribution in [-0.4, -0.2) is 52.8 Å². The maximum atomic E-state index is 13.1. The Bertz CT molecular complexity index is 917. The van der Waals surface area contributed by atoms with Crippen LogP contribution in [0.2, 0.25) is 0 Å². The molecule has 2 aliphatic heterocycles. The van der Waals surface area contributed by atoms with Gasteiger partial charge in [0.25, 0.3) is 11.8 Å². The first-order chi connectivity index (χ1) is 13.3. The van der Waals surface area contributed by atoms with Gasteiger partial charge in [0.2, 0.25) is 0 Å². The minimum atomic E-state index is 0.0475. The summed E-state index contributed by atoms with van der Waals surface area (Å²) in [7, 11) is 0. The zero-order chi connectivity index (χ0) is 20.2. The monoisotopic (exact) mass is 399 g/mol. The lowest BCUT2D eigenvalue weighted by Gasteiger charge is -2.16. The molecule has 4 unspecified atom stereocenters. The van der Waals surface area contributed by atoms with Gasteiger partial charge in [0.05, 0.1) is 10.4 Å². The van der Waals surface area contributed by atoms with Crippen LogP contribution in [0.3, 0.4) is 0 Å². The van der Waals surface area contributed by atoms with Gasteiger partial charge in [0, 0.05) is 37.8 Å². The largest absolute Gasteiger partial charge is 0.338 e. The Balaban J connectivity index is 1.61. The first kappa shape index (κ1) is 19.4. The average Bonchev–Trinajstić information content (AvgIpc) is 3.30. The fourth-order valence-electron chi connectivity index (χ4n) is 4.34. The Hall–Kier alpha value is -1.95. The highest BCUT2D eigenvalue weighted by Gasteiger charge is 2.33. The Labute approximate surface area is 170 Å². The molecular formula is C22H29N3O2S. The molecule has 5 nitrogen and oxygen atoms in total. The van der Waals surface area contributed by atoms with Gasteiger partial charge in [-0.3, -0.25) is 9.59 Å². The number of thiophene rings is 1. The van der Waals surface area contributed by atoms with Gasteiger partial charge in [-0.1, -0.05) is 27.7 Å². The molecule has 0 aromatic carbocycles. The van der Waals surface area contributed by atoms with Gasteiger partial charge in [-0.15, -0.1) is 11.3 Å². The van der Waals surface area contributed by atoms with Crippen LogP contribution in [0.1, 0.15) is 53.3 Å². The Morgan fingerprint density at radius 2 is 1.43 bits per heavy atom. The maximum Gasteiger partial charge on any atom is 0.264 e. The van der Waals surface area contributed by atoms with Gasteiger partial charge in [0.15, 0.2) is 0 Å². The van der Waals surface area contributed by atoms with E-state index in [1.807, 2.05) is 22.8 Å². The molecule has 0 spiro atoms. The molecule has 0 saturated carbocycles. The summed E-state index contributed by atoms with van der Waals surface area (Å²) in [6.07, 6.45) is 1.67. The molecule has 28 heavy (non-hydrogen) atoms. The minimum Gasteiger partial charge on any atom is -0.338 e. The third kappa shape index (κ3) is 3.21. The molecule has 2 aromatic rings. The number of pyridine rings is 1. The van der Waals surface area contributed by atoms with Crippen LogP contribution in [0, 0.1) is 30.6 Å². The molecule has 0 N–H and O–H groups in total. The molecule has 4 heterocycles. The molecule has 6 heteroatoms.